The number of nitrogens with zero attached hydrogens (tertiary/aromatic N) is 2. The molecule has 3 aromatic rings. The highest BCUT2D eigenvalue weighted by atomic mass is 32.2. The molecular formula is C21H19N3O4S2. The Morgan fingerprint density at radius 2 is 1.53 bits per heavy atom. The van der Waals surface area contributed by atoms with Crippen LogP contribution in [0.3, 0.4) is 0 Å². The number of hydrogen-bond acceptors (Lipinski definition) is 5. The molecule has 154 valence electrons. The third-order valence-corrected chi connectivity index (χ3v) is 7.86. The highest BCUT2D eigenvalue weighted by Gasteiger charge is 2.28. The zero-order chi connectivity index (χ0) is 21.4. The molecule has 3 aromatic carbocycles. The lowest BCUT2D eigenvalue weighted by Gasteiger charge is -2.17. The topological polar surface area (TPSA) is 95.9 Å². The minimum absolute atomic E-state index is 0.146. The molecule has 0 aromatic heterocycles. The van der Waals surface area contributed by atoms with Crippen molar-refractivity contribution in [2.24, 2.45) is 4.40 Å². The van der Waals surface area contributed by atoms with Crippen molar-refractivity contribution in [3.05, 3.63) is 90.0 Å². The van der Waals surface area contributed by atoms with E-state index in [1.54, 1.807) is 30.3 Å². The molecule has 30 heavy (non-hydrogen) atoms. The van der Waals surface area contributed by atoms with Gasteiger partial charge >= 0.3 is 0 Å². The Morgan fingerprint density at radius 1 is 0.900 bits per heavy atom. The first-order valence-electron chi connectivity index (χ1n) is 9.09. The van der Waals surface area contributed by atoms with E-state index < -0.39 is 20.0 Å². The van der Waals surface area contributed by atoms with E-state index in [4.69, 9.17) is 0 Å². The second-order valence-corrected chi connectivity index (χ2v) is 10.4. The van der Waals surface area contributed by atoms with Crippen molar-refractivity contribution >= 4 is 31.6 Å². The summed E-state index contributed by atoms with van der Waals surface area (Å²) >= 11 is 0. The van der Waals surface area contributed by atoms with E-state index in [0.717, 1.165) is 5.56 Å². The maximum Gasteiger partial charge on any atom is 0.285 e. The maximum absolute atomic E-state index is 12.8. The van der Waals surface area contributed by atoms with E-state index in [0.29, 0.717) is 11.3 Å². The minimum atomic E-state index is -3.72. The second kappa shape index (κ2) is 7.67. The normalized spacial score (nSPS) is 14.9. The molecule has 1 heterocycles. The molecule has 1 aliphatic rings. The van der Waals surface area contributed by atoms with Crippen LogP contribution in [-0.4, -0.2) is 34.0 Å². The van der Waals surface area contributed by atoms with E-state index >= 15 is 0 Å². The van der Waals surface area contributed by atoms with Gasteiger partial charge in [0.1, 0.15) is 4.90 Å². The Kier molecular flexibility index (Phi) is 5.19. The molecular weight excluding hydrogens is 422 g/mol. The predicted octanol–water partition coefficient (Wildman–Crippen LogP) is 3.07. The van der Waals surface area contributed by atoms with Crippen LogP contribution in [0.25, 0.3) is 0 Å². The van der Waals surface area contributed by atoms with E-state index in [2.05, 4.69) is 9.71 Å². The van der Waals surface area contributed by atoms with Crippen molar-refractivity contribution in [3.8, 4) is 0 Å². The van der Waals surface area contributed by atoms with Gasteiger partial charge in [-0.05, 0) is 42.0 Å². The SMILES string of the molecule is CN(Cc1ccccc1)S(=O)(=O)c1ccc(NC2=NS(=O)(=O)c3ccccc32)cc1. The first-order valence-corrected chi connectivity index (χ1v) is 12.0. The van der Waals surface area contributed by atoms with Crippen LogP contribution in [0.4, 0.5) is 5.69 Å². The standard InChI is InChI=1S/C21H19N3O4S2/c1-24(15-16-7-3-2-4-8-16)30(27,28)18-13-11-17(12-14-18)22-21-19-9-5-6-10-20(19)29(25,26)23-21/h2-14H,15H2,1H3,(H,22,23). The van der Waals surface area contributed by atoms with Gasteiger partial charge in [-0.2, -0.15) is 12.7 Å². The van der Waals surface area contributed by atoms with Gasteiger partial charge in [-0.15, -0.1) is 4.40 Å². The monoisotopic (exact) mass is 441 g/mol. The molecule has 0 saturated heterocycles. The third-order valence-electron chi connectivity index (χ3n) is 4.70. The highest BCUT2D eigenvalue weighted by molar-refractivity contribution is 7.90. The van der Waals surface area contributed by atoms with Gasteiger partial charge < -0.3 is 5.32 Å². The Labute approximate surface area is 175 Å². The molecule has 4 rings (SSSR count). The quantitative estimate of drug-likeness (QED) is 0.657. The zero-order valence-electron chi connectivity index (χ0n) is 16.1. The lowest BCUT2D eigenvalue weighted by molar-refractivity contribution is 0.467. The van der Waals surface area contributed by atoms with Gasteiger partial charge in [-0.1, -0.05) is 42.5 Å². The number of sulfonamides is 2. The summed E-state index contributed by atoms with van der Waals surface area (Å²) in [6.45, 7) is 0.259. The molecule has 0 aliphatic carbocycles. The Balaban J connectivity index is 1.53. The van der Waals surface area contributed by atoms with Gasteiger partial charge in [0.05, 0.1) is 4.90 Å². The molecule has 0 atom stereocenters. The summed E-state index contributed by atoms with van der Waals surface area (Å²) < 4.78 is 55.1. The van der Waals surface area contributed by atoms with Crippen LogP contribution in [0.2, 0.25) is 0 Å². The highest BCUT2D eigenvalue weighted by Crippen LogP contribution is 2.27. The summed E-state index contributed by atoms with van der Waals surface area (Å²) in [6.07, 6.45) is 0. The fourth-order valence-corrected chi connectivity index (χ4v) is 5.48. The molecule has 0 fully saturated rings. The molecule has 0 amide bonds. The molecule has 0 spiro atoms. The number of fused-ring (bicyclic) bond motifs is 1. The average Bonchev–Trinajstić information content (AvgIpc) is 2.99. The maximum atomic E-state index is 12.8. The molecule has 0 radical (unpaired) electrons. The Hall–Kier alpha value is -3.01. The van der Waals surface area contributed by atoms with E-state index in [1.165, 1.54) is 29.6 Å². The number of rotatable bonds is 5. The minimum Gasteiger partial charge on any atom is -0.339 e. The van der Waals surface area contributed by atoms with E-state index in [1.807, 2.05) is 30.3 Å². The predicted molar refractivity (Wildman–Crippen MR) is 115 cm³/mol. The van der Waals surface area contributed by atoms with Crippen molar-refractivity contribution in [2.75, 3.05) is 12.4 Å². The van der Waals surface area contributed by atoms with Crippen LogP contribution in [-0.2, 0) is 26.6 Å². The van der Waals surface area contributed by atoms with Crippen molar-refractivity contribution in [1.29, 1.82) is 0 Å². The van der Waals surface area contributed by atoms with Gasteiger partial charge in [0.25, 0.3) is 10.0 Å². The van der Waals surface area contributed by atoms with Crippen LogP contribution in [0, 0.1) is 0 Å². The number of amidine groups is 1. The first-order chi connectivity index (χ1) is 14.3. The van der Waals surface area contributed by atoms with Gasteiger partial charge in [0, 0.05) is 24.8 Å². The number of benzene rings is 3. The van der Waals surface area contributed by atoms with Crippen LogP contribution in [0.5, 0.6) is 0 Å². The van der Waals surface area contributed by atoms with E-state index in [9.17, 15) is 16.8 Å². The second-order valence-electron chi connectivity index (χ2n) is 6.81. The number of hydrogen-bond donors (Lipinski definition) is 1. The zero-order valence-corrected chi connectivity index (χ0v) is 17.7. The number of nitrogens with one attached hydrogen (secondary N) is 1. The first kappa shape index (κ1) is 20.3. The van der Waals surface area contributed by atoms with Crippen LogP contribution < -0.4 is 5.32 Å². The molecule has 0 unspecified atom stereocenters. The molecule has 1 N–H and O–H groups in total. The molecule has 0 bridgehead atoms. The summed E-state index contributed by atoms with van der Waals surface area (Å²) in [5.74, 6) is 0.211. The Morgan fingerprint density at radius 3 is 2.23 bits per heavy atom. The molecule has 0 saturated carbocycles. The van der Waals surface area contributed by atoms with Crippen LogP contribution in [0.1, 0.15) is 11.1 Å². The van der Waals surface area contributed by atoms with Gasteiger partial charge in [0.15, 0.2) is 5.84 Å². The lowest BCUT2D eigenvalue weighted by Crippen LogP contribution is -2.26. The summed E-state index contributed by atoms with van der Waals surface area (Å²) in [4.78, 5) is 0.294. The Bertz CT molecular complexity index is 1320. The van der Waals surface area contributed by atoms with Gasteiger partial charge in [0.2, 0.25) is 10.0 Å². The largest absolute Gasteiger partial charge is 0.339 e. The third kappa shape index (κ3) is 3.87. The van der Waals surface area contributed by atoms with Crippen molar-refractivity contribution in [2.45, 2.75) is 16.3 Å². The van der Waals surface area contributed by atoms with Crippen LogP contribution >= 0.6 is 0 Å². The van der Waals surface area contributed by atoms with Crippen LogP contribution in [0.15, 0.2) is 93.1 Å². The molecule has 9 heteroatoms. The summed E-state index contributed by atoms with van der Waals surface area (Å²) in [7, 11) is -5.86. The average molecular weight is 442 g/mol. The number of anilines is 1. The smallest absolute Gasteiger partial charge is 0.285 e. The van der Waals surface area contributed by atoms with E-state index in [-0.39, 0.29) is 22.2 Å². The fourth-order valence-electron chi connectivity index (χ4n) is 3.15. The molecule has 1 aliphatic heterocycles. The van der Waals surface area contributed by atoms with Crippen molar-refractivity contribution < 1.29 is 16.8 Å². The summed E-state index contributed by atoms with van der Waals surface area (Å²) in [5, 5.41) is 2.96. The van der Waals surface area contributed by atoms with Crippen molar-refractivity contribution in [3.63, 3.8) is 0 Å². The van der Waals surface area contributed by atoms with Crippen molar-refractivity contribution in [1.82, 2.24) is 4.31 Å². The van der Waals surface area contributed by atoms with Gasteiger partial charge in [-0.3, -0.25) is 0 Å². The van der Waals surface area contributed by atoms with Gasteiger partial charge in [-0.25, -0.2) is 8.42 Å². The lowest BCUT2D eigenvalue weighted by atomic mass is 10.2. The molecule has 7 nitrogen and oxygen atoms in total. The fraction of sp³-hybridized carbons (Fsp3) is 0.0952. The summed E-state index contributed by atoms with van der Waals surface area (Å²) in [6, 6.07) is 22.0. The summed E-state index contributed by atoms with van der Waals surface area (Å²) in [5.41, 5.74) is 1.91.